The normalized spacial score (nSPS) is 14.3. The van der Waals surface area contributed by atoms with Crippen molar-refractivity contribution >= 4 is 33.4 Å². The fourth-order valence-corrected chi connectivity index (χ4v) is 4.84. The monoisotopic (exact) mass is 544 g/mol. The Labute approximate surface area is 211 Å². The third-order valence-corrected chi connectivity index (χ3v) is 7.52. The minimum absolute atomic E-state index is 0.0298. The maximum absolute atomic E-state index is 13.4. The van der Waals surface area contributed by atoms with Crippen LogP contribution < -0.4 is 5.32 Å². The van der Waals surface area contributed by atoms with Gasteiger partial charge < -0.3 is 10.2 Å². The predicted molar refractivity (Wildman–Crippen MR) is 133 cm³/mol. The lowest BCUT2D eigenvalue weighted by Crippen LogP contribution is -2.38. The molecule has 35 heavy (non-hydrogen) atoms. The van der Waals surface area contributed by atoms with Gasteiger partial charge in [0.25, 0.3) is 5.91 Å². The van der Waals surface area contributed by atoms with Crippen LogP contribution in [0.25, 0.3) is 0 Å². The summed E-state index contributed by atoms with van der Waals surface area (Å²) in [6.45, 7) is 3.20. The highest BCUT2D eigenvalue weighted by molar-refractivity contribution is 9.10. The summed E-state index contributed by atoms with van der Waals surface area (Å²) in [6.07, 6.45) is 2.36. The molecule has 0 radical (unpaired) electrons. The zero-order valence-corrected chi connectivity index (χ0v) is 21.2. The number of amides is 2. The van der Waals surface area contributed by atoms with Gasteiger partial charge in [-0.15, -0.1) is 0 Å². The minimum atomic E-state index is -0.888. The van der Waals surface area contributed by atoms with Crippen LogP contribution in [0, 0.1) is 18.6 Å². The molecule has 1 fully saturated rings. The molecular weight excluding hydrogens is 518 g/mol. The minimum Gasteiger partial charge on any atom is -0.343 e. The van der Waals surface area contributed by atoms with Gasteiger partial charge in [-0.25, -0.2) is 8.78 Å². The number of anilines is 1. The smallest absolute Gasteiger partial charge is 0.277 e. The van der Waals surface area contributed by atoms with E-state index in [1.165, 1.54) is 11.6 Å². The zero-order valence-electron chi connectivity index (χ0n) is 19.7. The molecule has 1 aromatic heterocycles. The van der Waals surface area contributed by atoms with Crippen LogP contribution in [0.1, 0.15) is 52.5 Å². The number of aromatic nitrogens is 2. The van der Waals surface area contributed by atoms with Crippen molar-refractivity contribution in [3.8, 4) is 0 Å². The largest absolute Gasteiger partial charge is 0.343 e. The van der Waals surface area contributed by atoms with E-state index in [0.29, 0.717) is 46.8 Å². The Hall–Kier alpha value is -3.07. The summed E-state index contributed by atoms with van der Waals surface area (Å²) in [5.74, 6) is -1.68. The van der Waals surface area contributed by atoms with Crippen LogP contribution in [0.15, 0.2) is 46.9 Å². The molecule has 1 saturated heterocycles. The van der Waals surface area contributed by atoms with E-state index >= 15 is 0 Å². The molecule has 0 spiro atoms. The SMILES string of the molecule is Cc1c(Br)c(C(=O)Nc2ccc(C3CCN(C(=O)CCc4ccc(F)c(F)c4)CC3)cc2)nn1C. The Morgan fingerprint density at radius 3 is 2.37 bits per heavy atom. The summed E-state index contributed by atoms with van der Waals surface area (Å²) < 4.78 is 28.8. The molecule has 184 valence electrons. The molecule has 4 rings (SSSR count). The van der Waals surface area contributed by atoms with Crippen LogP contribution in [-0.4, -0.2) is 39.6 Å². The topological polar surface area (TPSA) is 67.2 Å². The molecule has 3 aromatic rings. The fraction of sp³-hybridized carbons (Fsp3) is 0.346. The van der Waals surface area contributed by atoms with Crippen molar-refractivity contribution in [2.24, 2.45) is 7.05 Å². The average Bonchev–Trinajstić information content (AvgIpc) is 3.12. The van der Waals surface area contributed by atoms with Gasteiger partial charge in [0.05, 0.1) is 10.2 Å². The Morgan fingerprint density at radius 2 is 1.77 bits per heavy atom. The number of hydrogen-bond donors (Lipinski definition) is 1. The first-order valence-electron chi connectivity index (χ1n) is 11.5. The Bertz CT molecular complexity index is 1230. The van der Waals surface area contributed by atoms with Gasteiger partial charge in [0, 0.05) is 32.2 Å². The van der Waals surface area contributed by atoms with E-state index in [0.717, 1.165) is 30.7 Å². The average molecular weight is 545 g/mol. The first-order chi connectivity index (χ1) is 16.7. The van der Waals surface area contributed by atoms with Crippen molar-refractivity contribution in [3.05, 3.63) is 81.1 Å². The van der Waals surface area contributed by atoms with Gasteiger partial charge in [-0.3, -0.25) is 14.3 Å². The van der Waals surface area contributed by atoms with E-state index in [-0.39, 0.29) is 18.2 Å². The fourth-order valence-electron chi connectivity index (χ4n) is 4.32. The second-order valence-electron chi connectivity index (χ2n) is 8.85. The van der Waals surface area contributed by atoms with Gasteiger partial charge in [-0.2, -0.15) is 5.10 Å². The van der Waals surface area contributed by atoms with Crippen molar-refractivity contribution in [2.45, 2.75) is 38.5 Å². The second kappa shape index (κ2) is 10.7. The van der Waals surface area contributed by atoms with Gasteiger partial charge >= 0.3 is 0 Å². The van der Waals surface area contributed by atoms with Crippen molar-refractivity contribution in [2.75, 3.05) is 18.4 Å². The number of likely N-dealkylation sites (tertiary alicyclic amines) is 1. The molecule has 2 aromatic carbocycles. The number of carbonyl (C=O) groups is 2. The molecule has 1 aliphatic rings. The van der Waals surface area contributed by atoms with Gasteiger partial charge in [0.15, 0.2) is 17.3 Å². The second-order valence-corrected chi connectivity index (χ2v) is 9.64. The van der Waals surface area contributed by atoms with Crippen molar-refractivity contribution < 1.29 is 18.4 Å². The number of rotatable bonds is 6. The summed E-state index contributed by atoms with van der Waals surface area (Å²) in [7, 11) is 1.79. The number of benzene rings is 2. The molecule has 0 saturated carbocycles. The molecule has 1 N–H and O–H groups in total. The lowest BCUT2D eigenvalue weighted by Gasteiger charge is -2.32. The lowest BCUT2D eigenvalue weighted by atomic mass is 9.89. The summed E-state index contributed by atoms with van der Waals surface area (Å²) in [5.41, 5.74) is 3.70. The van der Waals surface area contributed by atoms with Crippen LogP contribution in [0.3, 0.4) is 0 Å². The molecule has 0 aliphatic carbocycles. The number of halogens is 3. The van der Waals surface area contributed by atoms with Gasteiger partial charge in [0.1, 0.15) is 0 Å². The van der Waals surface area contributed by atoms with E-state index in [2.05, 4.69) is 26.3 Å². The van der Waals surface area contributed by atoms with E-state index in [1.54, 1.807) is 11.7 Å². The summed E-state index contributed by atoms with van der Waals surface area (Å²) in [4.78, 5) is 27.0. The third-order valence-electron chi connectivity index (χ3n) is 6.58. The van der Waals surface area contributed by atoms with Gasteiger partial charge in [-0.1, -0.05) is 18.2 Å². The van der Waals surface area contributed by atoms with E-state index in [1.807, 2.05) is 36.1 Å². The molecule has 1 aliphatic heterocycles. The van der Waals surface area contributed by atoms with Crippen molar-refractivity contribution in [1.29, 1.82) is 0 Å². The number of piperidine rings is 1. The van der Waals surface area contributed by atoms with Crippen LogP contribution in [0.5, 0.6) is 0 Å². The molecule has 0 atom stereocenters. The van der Waals surface area contributed by atoms with Gasteiger partial charge in [-0.05, 0) is 83.4 Å². The number of aryl methyl sites for hydroxylation is 2. The maximum Gasteiger partial charge on any atom is 0.277 e. The number of carbonyl (C=O) groups excluding carboxylic acids is 2. The highest BCUT2D eigenvalue weighted by Crippen LogP contribution is 2.29. The highest BCUT2D eigenvalue weighted by Gasteiger charge is 2.24. The molecule has 2 heterocycles. The summed E-state index contributed by atoms with van der Waals surface area (Å²) in [5, 5.41) is 7.13. The van der Waals surface area contributed by atoms with Crippen molar-refractivity contribution in [3.63, 3.8) is 0 Å². The van der Waals surface area contributed by atoms with Crippen LogP contribution >= 0.6 is 15.9 Å². The van der Waals surface area contributed by atoms with E-state index < -0.39 is 11.6 Å². The zero-order chi connectivity index (χ0) is 25.1. The quantitative estimate of drug-likeness (QED) is 0.454. The summed E-state index contributed by atoms with van der Waals surface area (Å²) >= 11 is 3.42. The number of nitrogens with one attached hydrogen (secondary N) is 1. The third kappa shape index (κ3) is 5.78. The van der Waals surface area contributed by atoms with E-state index in [4.69, 9.17) is 0 Å². The van der Waals surface area contributed by atoms with Crippen LogP contribution in [0.4, 0.5) is 14.5 Å². The highest BCUT2D eigenvalue weighted by atomic mass is 79.9. The summed E-state index contributed by atoms with van der Waals surface area (Å²) in [6, 6.07) is 11.6. The molecule has 2 amide bonds. The van der Waals surface area contributed by atoms with Crippen molar-refractivity contribution in [1.82, 2.24) is 14.7 Å². The Morgan fingerprint density at radius 1 is 1.09 bits per heavy atom. The molecular formula is C26H27BrF2N4O2. The first-order valence-corrected chi connectivity index (χ1v) is 12.3. The predicted octanol–water partition coefficient (Wildman–Crippen LogP) is 5.36. The Balaban J connectivity index is 1.27. The standard InChI is InChI=1S/C26H27BrF2N4O2/c1-16-24(27)25(31-32(16)2)26(35)30-20-7-5-18(6-8-20)19-11-13-33(14-12-19)23(34)10-4-17-3-9-21(28)22(29)15-17/h3,5-9,15,19H,4,10-14H2,1-2H3,(H,30,35). The maximum atomic E-state index is 13.4. The van der Waals surface area contributed by atoms with E-state index in [9.17, 15) is 18.4 Å². The number of nitrogens with zero attached hydrogens (tertiary/aromatic N) is 3. The van der Waals surface area contributed by atoms with Crippen LogP contribution in [-0.2, 0) is 18.3 Å². The van der Waals surface area contributed by atoms with Crippen LogP contribution in [0.2, 0.25) is 0 Å². The molecule has 6 nitrogen and oxygen atoms in total. The lowest BCUT2D eigenvalue weighted by molar-refractivity contribution is -0.132. The molecule has 0 unspecified atom stereocenters. The first kappa shape index (κ1) is 25.0. The molecule has 9 heteroatoms. The number of hydrogen-bond acceptors (Lipinski definition) is 3. The Kier molecular flexibility index (Phi) is 7.64. The van der Waals surface area contributed by atoms with Gasteiger partial charge in [0.2, 0.25) is 5.91 Å². The molecule has 0 bridgehead atoms.